The molecule has 5 heteroatoms. The molecular formula is C24H34N2O2S. The van der Waals surface area contributed by atoms with E-state index in [1.165, 1.54) is 63.1 Å². The van der Waals surface area contributed by atoms with Gasteiger partial charge in [-0.2, -0.15) is 0 Å². The Hall–Kier alpha value is -1.88. The molecule has 4 nitrogen and oxygen atoms in total. The van der Waals surface area contributed by atoms with Crippen LogP contribution in [-0.2, 0) is 4.79 Å². The average Bonchev–Trinajstić information content (AvgIpc) is 2.72. The Morgan fingerprint density at radius 3 is 2.14 bits per heavy atom. The molecule has 0 bridgehead atoms. The average molecular weight is 415 g/mol. The third-order valence-corrected chi connectivity index (χ3v) is 6.35. The van der Waals surface area contributed by atoms with Crippen LogP contribution in [0.5, 0.6) is 0 Å². The molecule has 1 unspecified atom stereocenters. The van der Waals surface area contributed by atoms with E-state index in [2.05, 4.69) is 16.9 Å². The van der Waals surface area contributed by atoms with Crippen LogP contribution in [0.1, 0.15) is 81.1 Å². The predicted octanol–water partition coefficient (Wildman–Crippen LogP) is 6.84. The Labute approximate surface area is 179 Å². The molecule has 0 saturated heterocycles. The standard InChI is InChI=1S/C24H34N2O2S/c1-3-4-5-6-7-8-9-10-11-16-29-23(24(27)28)20-13-15-26-22(18-20)21-17-19(2)12-14-25-21/h12-15,17-18,23H,3-11,16H2,1-2H3,(H,27,28). The Balaban J connectivity index is 1.81. The Morgan fingerprint density at radius 2 is 1.52 bits per heavy atom. The zero-order valence-electron chi connectivity index (χ0n) is 17.8. The van der Waals surface area contributed by atoms with Crippen molar-refractivity contribution in [3.05, 3.63) is 47.8 Å². The van der Waals surface area contributed by atoms with Crippen LogP contribution in [-0.4, -0.2) is 26.8 Å². The van der Waals surface area contributed by atoms with Crippen molar-refractivity contribution < 1.29 is 9.90 Å². The number of pyridine rings is 2. The van der Waals surface area contributed by atoms with Crippen molar-refractivity contribution in [1.29, 1.82) is 0 Å². The number of hydrogen-bond donors (Lipinski definition) is 1. The molecule has 0 spiro atoms. The zero-order chi connectivity index (χ0) is 20.9. The summed E-state index contributed by atoms with van der Waals surface area (Å²) in [5, 5.41) is 9.16. The van der Waals surface area contributed by atoms with E-state index < -0.39 is 11.2 Å². The molecule has 29 heavy (non-hydrogen) atoms. The lowest BCUT2D eigenvalue weighted by atomic mass is 10.1. The first-order chi connectivity index (χ1) is 14.1. The molecule has 0 fully saturated rings. The molecule has 2 heterocycles. The maximum Gasteiger partial charge on any atom is 0.321 e. The molecule has 2 aromatic rings. The van der Waals surface area contributed by atoms with Crippen LogP contribution < -0.4 is 0 Å². The topological polar surface area (TPSA) is 63.1 Å². The molecule has 158 valence electrons. The highest BCUT2D eigenvalue weighted by Gasteiger charge is 2.21. The molecule has 0 radical (unpaired) electrons. The van der Waals surface area contributed by atoms with E-state index in [9.17, 15) is 9.90 Å². The van der Waals surface area contributed by atoms with E-state index in [4.69, 9.17) is 0 Å². The third kappa shape index (κ3) is 8.57. The van der Waals surface area contributed by atoms with E-state index >= 15 is 0 Å². The fraction of sp³-hybridized carbons (Fsp3) is 0.542. The number of hydrogen-bond acceptors (Lipinski definition) is 4. The second kappa shape index (κ2) is 13.4. The molecule has 1 N–H and O–H groups in total. The summed E-state index contributed by atoms with van der Waals surface area (Å²) < 4.78 is 0. The maximum atomic E-state index is 11.8. The van der Waals surface area contributed by atoms with Gasteiger partial charge in [-0.05, 0) is 54.5 Å². The molecule has 0 aromatic carbocycles. The van der Waals surface area contributed by atoms with Gasteiger partial charge in [0, 0.05) is 12.4 Å². The van der Waals surface area contributed by atoms with E-state index in [-0.39, 0.29) is 0 Å². The van der Waals surface area contributed by atoms with Gasteiger partial charge in [-0.1, -0.05) is 58.3 Å². The first-order valence-electron chi connectivity index (χ1n) is 10.8. The van der Waals surface area contributed by atoms with Crippen molar-refractivity contribution in [2.75, 3.05) is 5.75 Å². The quantitative estimate of drug-likeness (QED) is 0.343. The number of carbonyl (C=O) groups is 1. The third-order valence-electron chi connectivity index (χ3n) is 5.02. The number of aromatic nitrogens is 2. The van der Waals surface area contributed by atoms with Crippen molar-refractivity contribution in [3.63, 3.8) is 0 Å². The lowest BCUT2D eigenvalue weighted by Crippen LogP contribution is -2.09. The van der Waals surface area contributed by atoms with Gasteiger partial charge in [0.1, 0.15) is 5.25 Å². The molecule has 0 aliphatic heterocycles. The monoisotopic (exact) mass is 414 g/mol. The van der Waals surface area contributed by atoms with Crippen molar-refractivity contribution in [3.8, 4) is 11.4 Å². The van der Waals surface area contributed by atoms with Crippen LogP contribution >= 0.6 is 11.8 Å². The summed E-state index contributed by atoms with van der Waals surface area (Å²) in [6.45, 7) is 4.25. The number of carboxylic acid groups (broad SMARTS) is 1. The lowest BCUT2D eigenvalue weighted by molar-refractivity contribution is -0.136. The summed E-state index contributed by atoms with van der Waals surface area (Å²) in [6.07, 6.45) is 14.9. The van der Waals surface area contributed by atoms with Crippen molar-refractivity contribution in [1.82, 2.24) is 9.97 Å². The minimum Gasteiger partial charge on any atom is -0.480 e. The van der Waals surface area contributed by atoms with Crippen molar-refractivity contribution >= 4 is 17.7 Å². The second-order valence-corrected chi connectivity index (χ2v) is 8.82. The summed E-state index contributed by atoms with van der Waals surface area (Å²) in [6, 6.07) is 7.58. The van der Waals surface area contributed by atoms with Gasteiger partial charge in [-0.25, -0.2) is 0 Å². The normalized spacial score (nSPS) is 12.1. The predicted molar refractivity (Wildman–Crippen MR) is 122 cm³/mol. The van der Waals surface area contributed by atoms with Crippen LogP contribution in [0, 0.1) is 6.92 Å². The van der Waals surface area contributed by atoms with Crippen molar-refractivity contribution in [2.24, 2.45) is 0 Å². The maximum absolute atomic E-state index is 11.8. The van der Waals surface area contributed by atoms with E-state index in [1.54, 1.807) is 18.5 Å². The van der Waals surface area contributed by atoms with E-state index in [1.807, 2.05) is 25.1 Å². The van der Waals surface area contributed by atoms with Gasteiger partial charge in [0.05, 0.1) is 11.4 Å². The van der Waals surface area contributed by atoms with Crippen LogP contribution in [0.15, 0.2) is 36.7 Å². The fourth-order valence-electron chi connectivity index (χ4n) is 3.35. The van der Waals surface area contributed by atoms with Gasteiger partial charge in [0.25, 0.3) is 0 Å². The minimum atomic E-state index is -0.791. The number of thioether (sulfide) groups is 1. The van der Waals surface area contributed by atoms with Crippen LogP contribution in [0.3, 0.4) is 0 Å². The van der Waals surface area contributed by atoms with Crippen LogP contribution in [0.4, 0.5) is 0 Å². The van der Waals surface area contributed by atoms with Gasteiger partial charge in [0.15, 0.2) is 0 Å². The summed E-state index contributed by atoms with van der Waals surface area (Å²) in [4.78, 5) is 20.6. The van der Waals surface area contributed by atoms with Crippen LogP contribution in [0.2, 0.25) is 0 Å². The zero-order valence-corrected chi connectivity index (χ0v) is 18.6. The Kier molecular flexibility index (Phi) is 10.8. The number of carboxylic acids is 1. The summed E-state index contributed by atoms with van der Waals surface area (Å²) in [5.74, 6) is 0.0768. The molecule has 1 atom stereocenters. The molecule has 0 saturated carbocycles. The number of nitrogens with zero attached hydrogens (tertiary/aromatic N) is 2. The van der Waals surface area contributed by atoms with Gasteiger partial charge >= 0.3 is 5.97 Å². The molecule has 0 amide bonds. The second-order valence-electron chi connectivity index (χ2n) is 7.61. The Bertz CT molecular complexity index is 751. The molecule has 2 aromatic heterocycles. The van der Waals surface area contributed by atoms with Gasteiger partial charge in [-0.3, -0.25) is 14.8 Å². The lowest BCUT2D eigenvalue weighted by Gasteiger charge is -2.13. The number of rotatable bonds is 14. The number of aryl methyl sites for hydroxylation is 1. The largest absolute Gasteiger partial charge is 0.480 e. The summed E-state index contributed by atoms with van der Waals surface area (Å²) in [5.41, 5.74) is 3.39. The van der Waals surface area contributed by atoms with E-state index in [0.717, 1.165) is 34.7 Å². The van der Waals surface area contributed by atoms with Gasteiger partial charge < -0.3 is 5.11 Å². The highest BCUT2D eigenvalue weighted by molar-refractivity contribution is 8.00. The van der Waals surface area contributed by atoms with Crippen LogP contribution in [0.25, 0.3) is 11.4 Å². The number of unbranched alkanes of at least 4 members (excludes halogenated alkanes) is 8. The molecular weight excluding hydrogens is 380 g/mol. The first kappa shape index (κ1) is 23.4. The highest BCUT2D eigenvalue weighted by atomic mass is 32.2. The minimum absolute atomic E-state index is 0.560. The summed E-state index contributed by atoms with van der Waals surface area (Å²) >= 11 is 1.52. The van der Waals surface area contributed by atoms with Gasteiger partial charge in [-0.15, -0.1) is 11.8 Å². The SMILES string of the molecule is CCCCCCCCCCCSC(C(=O)O)c1ccnc(-c2cc(C)ccn2)c1. The molecule has 0 aliphatic rings. The summed E-state index contributed by atoms with van der Waals surface area (Å²) in [7, 11) is 0. The molecule has 2 rings (SSSR count). The smallest absolute Gasteiger partial charge is 0.321 e. The first-order valence-corrected chi connectivity index (χ1v) is 11.9. The van der Waals surface area contributed by atoms with Gasteiger partial charge in [0.2, 0.25) is 0 Å². The fourth-order valence-corrected chi connectivity index (χ4v) is 4.44. The highest BCUT2D eigenvalue weighted by Crippen LogP contribution is 2.31. The number of aliphatic carboxylic acids is 1. The van der Waals surface area contributed by atoms with Crippen molar-refractivity contribution in [2.45, 2.75) is 76.9 Å². The Morgan fingerprint density at radius 1 is 0.931 bits per heavy atom. The molecule has 0 aliphatic carbocycles. The van der Waals surface area contributed by atoms with E-state index in [0.29, 0.717) is 0 Å².